The fourth-order valence-electron chi connectivity index (χ4n) is 3.43. The molecule has 3 aromatic carbocycles. The Labute approximate surface area is 319 Å². The molecule has 9 N–H and O–H groups in total. The maximum absolute atomic E-state index is 12.5. The van der Waals surface area contributed by atoms with Gasteiger partial charge in [0.05, 0.1) is 9.85 Å². The summed E-state index contributed by atoms with van der Waals surface area (Å²) in [5.41, 5.74) is 15.5. The Hall–Kier alpha value is -3.79. The van der Waals surface area contributed by atoms with Crippen molar-refractivity contribution in [1.82, 2.24) is 0 Å². The fourth-order valence-corrected chi connectivity index (χ4v) is 3.43. The van der Waals surface area contributed by atoms with E-state index < -0.39 is 15.7 Å². The first-order valence-electron chi connectivity index (χ1n) is 16.1. The van der Waals surface area contributed by atoms with Crippen LogP contribution in [-0.2, 0) is 0 Å². The molecule has 0 aliphatic heterocycles. The first kappa shape index (κ1) is 52.6. The zero-order valence-corrected chi connectivity index (χ0v) is 33.3. The van der Waals surface area contributed by atoms with Gasteiger partial charge in [0.2, 0.25) is 0 Å². The second-order valence-corrected chi connectivity index (χ2v) is 14.4. The van der Waals surface area contributed by atoms with Gasteiger partial charge in [0.25, 0.3) is 11.4 Å². The molecule has 296 valence electrons. The van der Waals surface area contributed by atoms with Gasteiger partial charge >= 0.3 is 0 Å². The number of nitrogens with zero attached hydrogens (tertiary/aromatic N) is 2. The molecule has 0 amide bonds. The van der Waals surface area contributed by atoms with Crippen LogP contribution in [0.4, 0.5) is 32.8 Å². The highest BCUT2D eigenvalue weighted by Gasteiger charge is 2.18. The van der Waals surface area contributed by atoms with Crippen LogP contribution in [0.25, 0.3) is 0 Å². The lowest BCUT2D eigenvalue weighted by Gasteiger charge is -2.23. The molecule has 0 bridgehead atoms. The number of aliphatic hydroxyl groups is 3. The molecule has 0 aliphatic rings. The van der Waals surface area contributed by atoms with E-state index in [1.54, 1.807) is 6.07 Å². The number of nitro benzene ring substituents is 2. The normalized spacial score (nSPS) is 10.7. The molecular formula is C36H59Cl2FN6O7. The van der Waals surface area contributed by atoms with E-state index in [0.29, 0.717) is 18.7 Å². The van der Waals surface area contributed by atoms with Crippen molar-refractivity contribution in [3.05, 3.63) is 97.3 Å². The first-order valence-corrected chi connectivity index (χ1v) is 16.1. The highest BCUT2D eigenvalue weighted by molar-refractivity contribution is 5.85. The number of aryl methyl sites for hydroxylation is 3. The molecule has 3 rings (SSSR count). The van der Waals surface area contributed by atoms with Crippen LogP contribution >= 0.6 is 24.8 Å². The van der Waals surface area contributed by atoms with Gasteiger partial charge in [0.1, 0.15) is 5.82 Å². The third kappa shape index (κ3) is 20.9. The van der Waals surface area contributed by atoms with E-state index in [0.717, 1.165) is 46.9 Å². The van der Waals surface area contributed by atoms with Crippen LogP contribution in [0.15, 0.2) is 54.6 Å². The fraction of sp³-hybridized carbons (Fsp3) is 0.500. The molecule has 0 spiro atoms. The van der Waals surface area contributed by atoms with Crippen LogP contribution < -0.4 is 22.1 Å². The third-order valence-electron chi connectivity index (χ3n) is 7.38. The number of nitrogen functional groups attached to an aromatic ring is 1. The topological polar surface area (TPSA) is 223 Å². The Balaban J connectivity index is -0.000000633. The predicted octanol–water partition coefficient (Wildman–Crippen LogP) is 7.19. The summed E-state index contributed by atoms with van der Waals surface area (Å²) < 4.78 is 12.5. The molecule has 0 saturated carbocycles. The molecule has 0 unspecified atom stereocenters. The van der Waals surface area contributed by atoms with Crippen molar-refractivity contribution >= 4 is 53.3 Å². The van der Waals surface area contributed by atoms with E-state index >= 15 is 0 Å². The molecule has 3 aromatic rings. The molecule has 0 aliphatic carbocycles. The molecular weight excluding hydrogens is 718 g/mol. The molecule has 0 fully saturated rings. The molecule has 0 atom stereocenters. The minimum absolute atomic E-state index is 0. The maximum atomic E-state index is 12.5. The van der Waals surface area contributed by atoms with E-state index in [9.17, 15) is 24.6 Å². The summed E-state index contributed by atoms with van der Waals surface area (Å²) in [6.45, 7) is 19.4. The molecule has 0 radical (unpaired) electrons. The average molecular weight is 778 g/mol. The van der Waals surface area contributed by atoms with Crippen LogP contribution in [0, 0.1) is 63.1 Å². The molecule has 0 heterocycles. The Bertz CT molecular complexity index is 1520. The van der Waals surface area contributed by atoms with Crippen LogP contribution in [0.1, 0.15) is 58.2 Å². The number of nitro groups is 2. The number of nitrogens with two attached hydrogens (primary N) is 2. The van der Waals surface area contributed by atoms with Gasteiger partial charge in [0, 0.05) is 90.5 Å². The largest absolute Gasteiger partial charge is 0.399 e. The summed E-state index contributed by atoms with van der Waals surface area (Å²) in [6, 6.07) is 13.9. The summed E-state index contributed by atoms with van der Waals surface area (Å²) in [5.74, 6) is -0.421. The van der Waals surface area contributed by atoms with Crippen LogP contribution in [-0.4, -0.2) is 64.6 Å². The van der Waals surface area contributed by atoms with Crippen LogP contribution in [0.2, 0.25) is 0 Å². The smallest absolute Gasteiger partial charge is 0.269 e. The third-order valence-corrected chi connectivity index (χ3v) is 7.38. The Morgan fingerprint density at radius 1 is 0.654 bits per heavy atom. The van der Waals surface area contributed by atoms with Crippen molar-refractivity contribution in [2.75, 3.05) is 55.8 Å². The molecule has 13 nitrogen and oxygen atoms in total. The lowest BCUT2D eigenvalue weighted by atomic mass is 9.95. The molecule has 0 aromatic heterocycles. The summed E-state index contributed by atoms with van der Waals surface area (Å²) in [4.78, 5) is 19.8. The number of anilines is 3. The van der Waals surface area contributed by atoms with Gasteiger partial charge in [-0.3, -0.25) is 20.2 Å². The number of nitrogens with one attached hydrogen (secondary N) is 2. The van der Waals surface area contributed by atoms with Crippen LogP contribution in [0.3, 0.4) is 0 Å². The number of non-ortho nitro benzene ring substituents is 2. The van der Waals surface area contributed by atoms with Crippen LogP contribution in [0.5, 0.6) is 0 Å². The van der Waals surface area contributed by atoms with E-state index in [2.05, 4.69) is 10.6 Å². The minimum Gasteiger partial charge on any atom is -0.399 e. The van der Waals surface area contributed by atoms with Crippen molar-refractivity contribution in [2.45, 2.75) is 62.3 Å². The zero-order chi connectivity index (χ0) is 38.9. The van der Waals surface area contributed by atoms with E-state index in [-0.39, 0.29) is 72.3 Å². The van der Waals surface area contributed by atoms with E-state index in [1.807, 2.05) is 73.6 Å². The number of rotatable bonds is 12. The summed E-state index contributed by atoms with van der Waals surface area (Å²) >= 11 is 0. The van der Waals surface area contributed by atoms with Gasteiger partial charge < -0.3 is 37.4 Å². The van der Waals surface area contributed by atoms with Gasteiger partial charge in [-0.2, -0.15) is 0 Å². The zero-order valence-electron chi connectivity index (χ0n) is 31.7. The van der Waals surface area contributed by atoms with E-state index in [1.165, 1.54) is 25.1 Å². The van der Waals surface area contributed by atoms with Gasteiger partial charge in [-0.25, -0.2) is 4.39 Å². The number of hydrogen-bond donors (Lipinski definition) is 7. The Morgan fingerprint density at radius 2 is 1.02 bits per heavy atom. The second kappa shape index (κ2) is 24.5. The van der Waals surface area contributed by atoms with Crippen molar-refractivity contribution in [1.29, 1.82) is 0 Å². The minimum atomic E-state index is -0.549. The van der Waals surface area contributed by atoms with Gasteiger partial charge in [0.15, 0.2) is 0 Å². The van der Waals surface area contributed by atoms with Crippen molar-refractivity contribution in [3.8, 4) is 0 Å². The van der Waals surface area contributed by atoms with Gasteiger partial charge in [-0.15, -0.1) is 24.8 Å². The summed E-state index contributed by atoms with van der Waals surface area (Å²) in [6.07, 6.45) is 0. The molecule has 16 heteroatoms. The quantitative estimate of drug-likeness (QED) is 0.0554. The lowest BCUT2D eigenvalue weighted by Crippen LogP contribution is -2.27. The first-order chi connectivity index (χ1) is 23.0. The number of hydrogen-bond acceptors (Lipinski definition) is 11. The highest BCUT2D eigenvalue weighted by Crippen LogP contribution is 2.24. The maximum Gasteiger partial charge on any atom is 0.269 e. The second-order valence-electron chi connectivity index (χ2n) is 14.4. The Morgan fingerprint density at radius 3 is 1.33 bits per heavy atom. The highest BCUT2D eigenvalue weighted by atomic mass is 35.5. The monoisotopic (exact) mass is 776 g/mol. The standard InChI is InChI=1S/C12H18N2O3.C12H20N2O.C7H6FNO2.C5H13NO.2ClH/c1-9-6-10(14(16)17)4-5-11(9)13-7-12(2,3)8-15;1-9-6-10(13)4-5-11(9)14-7-12(2,3)8-15;1-5-4-6(9(10)11)2-3-7(5)8;1-5(2,3-6)4-7;;/h4-6,13,15H,7-8H2,1-3H3;4-6,14-15H,7-8,13H2,1-3H3;2-4H,1H3;7H,3-4,6H2,1-2H3;2*1H. The van der Waals surface area contributed by atoms with E-state index in [4.69, 9.17) is 26.8 Å². The number of halogens is 3. The lowest BCUT2D eigenvalue weighted by molar-refractivity contribution is -0.385. The van der Waals surface area contributed by atoms with Crippen molar-refractivity contribution < 1.29 is 29.6 Å². The van der Waals surface area contributed by atoms with Gasteiger partial charge in [-0.1, -0.05) is 41.5 Å². The predicted molar refractivity (Wildman–Crippen MR) is 214 cm³/mol. The SMILES string of the molecule is CC(C)(CN)CO.Cc1cc(N)ccc1NCC(C)(C)CO.Cc1cc([N+](=O)[O-])ccc1F.Cc1cc([N+](=O)[O-])ccc1NCC(C)(C)CO.Cl.Cl. The summed E-state index contributed by atoms with van der Waals surface area (Å²) in [5, 5.41) is 54.0. The average Bonchev–Trinajstić information content (AvgIpc) is 3.05. The Kier molecular flexibility index (Phi) is 24.7. The molecule has 0 saturated heterocycles. The van der Waals surface area contributed by atoms with Gasteiger partial charge in [-0.05, 0) is 74.3 Å². The van der Waals surface area contributed by atoms with Crippen molar-refractivity contribution in [3.63, 3.8) is 0 Å². The number of benzene rings is 3. The summed E-state index contributed by atoms with van der Waals surface area (Å²) in [7, 11) is 0. The molecule has 52 heavy (non-hydrogen) atoms. The van der Waals surface area contributed by atoms with Crippen molar-refractivity contribution in [2.24, 2.45) is 22.0 Å². The number of aliphatic hydroxyl groups excluding tert-OH is 3.